The van der Waals surface area contributed by atoms with Gasteiger partial charge >= 0.3 is 5.97 Å². The summed E-state index contributed by atoms with van der Waals surface area (Å²) in [5, 5.41) is 6.17. The second kappa shape index (κ2) is 6.76. The number of ether oxygens (including phenoxy) is 1. The van der Waals surface area contributed by atoms with Gasteiger partial charge in [-0.2, -0.15) is 4.98 Å². The van der Waals surface area contributed by atoms with Gasteiger partial charge in [0.2, 0.25) is 5.82 Å². The minimum absolute atomic E-state index is 0.243. The summed E-state index contributed by atoms with van der Waals surface area (Å²) >= 11 is 7.74. The molecule has 23 heavy (non-hydrogen) atoms. The molecule has 3 aromatic rings. The first-order valence-corrected chi connectivity index (χ1v) is 7.86. The van der Waals surface area contributed by atoms with E-state index in [1.165, 1.54) is 18.4 Å². The molecule has 0 aliphatic rings. The Kier molecular flexibility index (Phi) is 4.55. The highest BCUT2D eigenvalue weighted by Crippen LogP contribution is 2.26. The first-order chi connectivity index (χ1) is 11.2. The predicted octanol–water partition coefficient (Wildman–Crippen LogP) is 4.32. The molecule has 0 spiro atoms. The van der Waals surface area contributed by atoms with Crippen LogP contribution in [0.5, 0.6) is 0 Å². The fourth-order valence-electron chi connectivity index (χ4n) is 1.87. The van der Waals surface area contributed by atoms with Gasteiger partial charge < -0.3 is 9.26 Å². The second-order valence-corrected chi connectivity index (χ2v) is 5.86. The maximum Gasteiger partial charge on any atom is 0.337 e. The summed E-state index contributed by atoms with van der Waals surface area (Å²) in [6.45, 7) is 0. The van der Waals surface area contributed by atoms with Crippen LogP contribution in [0.3, 0.4) is 0 Å². The molecule has 0 fully saturated rings. The zero-order valence-corrected chi connectivity index (χ0v) is 13.6. The smallest absolute Gasteiger partial charge is 0.337 e. The minimum Gasteiger partial charge on any atom is -0.465 e. The lowest BCUT2D eigenvalue weighted by molar-refractivity contribution is 0.0600. The lowest BCUT2D eigenvalue weighted by Gasteiger charge is -1.99. The highest BCUT2D eigenvalue weighted by atomic mass is 35.5. The van der Waals surface area contributed by atoms with E-state index < -0.39 is 0 Å². The normalized spacial score (nSPS) is 11.5. The SMILES string of the molecule is COC(=O)c1ccc(/C=C(\Cl)c2nc(-c3cccs3)no2)cc1. The molecule has 5 nitrogen and oxygen atoms in total. The fourth-order valence-corrected chi connectivity index (χ4v) is 2.72. The van der Waals surface area contributed by atoms with Gasteiger partial charge in [-0.15, -0.1) is 11.3 Å². The van der Waals surface area contributed by atoms with Crippen LogP contribution in [0.15, 0.2) is 46.3 Å². The first kappa shape index (κ1) is 15.5. The number of esters is 1. The minimum atomic E-state index is -0.385. The van der Waals surface area contributed by atoms with Crippen LogP contribution in [-0.4, -0.2) is 23.2 Å². The molecule has 0 radical (unpaired) electrons. The summed E-state index contributed by atoms with van der Waals surface area (Å²) in [7, 11) is 1.34. The molecule has 1 aromatic carbocycles. The van der Waals surface area contributed by atoms with Crippen molar-refractivity contribution >= 4 is 40.0 Å². The first-order valence-electron chi connectivity index (χ1n) is 6.61. The monoisotopic (exact) mass is 346 g/mol. The standard InChI is InChI=1S/C16H11ClN2O3S/c1-21-16(20)11-6-4-10(5-7-11)9-12(17)15-18-14(19-22-15)13-3-2-8-23-13/h2-9H,1H3/b12-9-. The maximum absolute atomic E-state index is 11.4. The summed E-state index contributed by atoms with van der Waals surface area (Å²) in [6.07, 6.45) is 1.69. The van der Waals surface area contributed by atoms with E-state index in [9.17, 15) is 4.79 Å². The van der Waals surface area contributed by atoms with Gasteiger partial charge in [0.15, 0.2) is 0 Å². The molecule has 0 atom stereocenters. The number of halogens is 1. The number of benzene rings is 1. The Labute approximate surface area is 141 Å². The maximum atomic E-state index is 11.4. The van der Waals surface area contributed by atoms with Gasteiger partial charge in [-0.3, -0.25) is 0 Å². The van der Waals surface area contributed by atoms with E-state index in [1.807, 2.05) is 17.5 Å². The van der Waals surface area contributed by atoms with E-state index in [1.54, 1.807) is 30.3 Å². The van der Waals surface area contributed by atoms with Gasteiger partial charge in [0.05, 0.1) is 17.6 Å². The number of thiophene rings is 1. The Hall–Kier alpha value is -2.44. The average Bonchev–Trinajstić information content (AvgIpc) is 3.25. The van der Waals surface area contributed by atoms with Crippen LogP contribution in [0.4, 0.5) is 0 Å². The molecular formula is C16H11ClN2O3S. The lowest BCUT2D eigenvalue weighted by atomic mass is 10.1. The summed E-state index contributed by atoms with van der Waals surface area (Å²) < 4.78 is 9.82. The third-order valence-electron chi connectivity index (χ3n) is 3.00. The van der Waals surface area contributed by atoms with Crippen molar-refractivity contribution in [3.05, 3.63) is 58.8 Å². The number of methoxy groups -OCH3 is 1. The molecule has 0 saturated heterocycles. The molecular weight excluding hydrogens is 336 g/mol. The molecule has 7 heteroatoms. The highest BCUT2D eigenvalue weighted by molar-refractivity contribution is 7.13. The number of rotatable bonds is 4. The van der Waals surface area contributed by atoms with Crippen LogP contribution in [0.1, 0.15) is 21.8 Å². The molecule has 0 N–H and O–H groups in total. The van der Waals surface area contributed by atoms with E-state index in [2.05, 4.69) is 14.9 Å². The van der Waals surface area contributed by atoms with E-state index in [0.29, 0.717) is 16.4 Å². The molecule has 0 bridgehead atoms. The van der Waals surface area contributed by atoms with Crippen molar-refractivity contribution in [3.8, 4) is 10.7 Å². The van der Waals surface area contributed by atoms with Crippen molar-refractivity contribution in [2.45, 2.75) is 0 Å². The van der Waals surface area contributed by atoms with E-state index in [0.717, 1.165) is 10.4 Å². The Balaban J connectivity index is 1.81. The number of nitrogens with zero attached hydrogens (tertiary/aromatic N) is 2. The van der Waals surface area contributed by atoms with Gasteiger partial charge in [0.1, 0.15) is 5.03 Å². The van der Waals surface area contributed by atoms with Gasteiger partial charge in [0.25, 0.3) is 5.89 Å². The summed E-state index contributed by atoms with van der Waals surface area (Å²) in [4.78, 5) is 16.6. The van der Waals surface area contributed by atoms with Gasteiger partial charge in [-0.25, -0.2) is 4.79 Å². The summed E-state index contributed by atoms with van der Waals surface area (Å²) in [5.74, 6) is 0.360. The van der Waals surface area contributed by atoms with Gasteiger partial charge in [-0.1, -0.05) is 35.0 Å². The third kappa shape index (κ3) is 3.49. The van der Waals surface area contributed by atoms with Crippen LogP contribution < -0.4 is 0 Å². The van der Waals surface area contributed by atoms with Crippen LogP contribution >= 0.6 is 22.9 Å². The molecule has 3 rings (SSSR count). The van der Waals surface area contributed by atoms with Crippen molar-refractivity contribution in [2.24, 2.45) is 0 Å². The van der Waals surface area contributed by atoms with E-state index in [4.69, 9.17) is 16.1 Å². The largest absolute Gasteiger partial charge is 0.465 e. The van der Waals surface area contributed by atoms with Crippen molar-refractivity contribution in [3.63, 3.8) is 0 Å². The average molecular weight is 347 g/mol. The summed E-state index contributed by atoms with van der Waals surface area (Å²) in [5.41, 5.74) is 1.28. The van der Waals surface area contributed by atoms with Crippen molar-refractivity contribution in [1.29, 1.82) is 0 Å². The third-order valence-corrected chi connectivity index (χ3v) is 4.13. The van der Waals surface area contributed by atoms with Crippen LogP contribution in [0.25, 0.3) is 21.8 Å². The zero-order valence-electron chi connectivity index (χ0n) is 12.0. The van der Waals surface area contributed by atoms with Crippen LogP contribution in [-0.2, 0) is 4.74 Å². The van der Waals surface area contributed by atoms with Crippen LogP contribution in [0, 0.1) is 0 Å². The zero-order chi connectivity index (χ0) is 16.2. The summed E-state index contributed by atoms with van der Waals surface area (Å²) in [6, 6.07) is 10.6. The Morgan fingerprint density at radius 3 is 2.74 bits per heavy atom. The fraction of sp³-hybridized carbons (Fsp3) is 0.0625. The Morgan fingerprint density at radius 2 is 2.09 bits per heavy atom. The highest BCUT2D eigenvalue weighted by Gasteiger charge is 2.12. The van der Waals surface area contributed by atoms with Gasteiger partial charge in [0, 0.05) is 0 Å². The van der Waals surface area contributed by atoms with Crippen molar-refractivity contribution in [2.75, 3.05) is 7.11 Å². The van der Waals surface area contributed by atoms with Crippen molar-refractivity contribution < 1.29 is 14.1 Å². The molecule has 2 aromatic heterocycles. The van der Waals surface area contributed by atoms with E-state index >= 15 is 0 Å². The number of carbonyl (C=O) groups excluding carboxylic acids is 1. The number of carbonyl (C=O) groups is 1. The molecule has 0 aliphatic carbocycles. The number of hydrogen-bond donors (Lipinski definition) is 0. The second-order valence-electron chi connectivity index (χ2n) is 4.51. The van der Waals surface area contributed by atoms with Crippen molar-refractivity contribution in [1.82, 2.24) is 10.1 Å². The molecule has 2 heterocycles. The van der Waals surface area contributed by atoms with Crippen LogP contribution in [0.2, 0.25) is 0 Å². The molecule has 116 valence electrons. The molecule has 0 unspecified atom stereocenters. The topological polar surface area (TPSA) is 65.2 Å². The quantitative estimate of drug-likeness (QED) is 0.658. The number of aromatic nitrogens is 2. The molecule has 0 amide bonds. The Morgan fingerprint density at radius 1 is 1.30 bits per heavy atom. The van der Waals surface area contributed by atoms with E-state index in [-0.39, 0.29) is 11.9 Å². The van der Waals surface area contributed by atoms with Gasteiger partial charge in [-0.05, 0) is 35.2 Å². The predicted molar refractivity (Wildman–Crippen MR) is 89.1 cm³/mol. The number of hydrogen-bond acceptors (Lipinski definition) is 6. The Bertz CT molecular complexity index is 839. The molecule has 0 saturated carbocycles. The lowest BCUT2D eigenvalue weighted by Crippen LogP contribution is -2.00. The molecule has 0 aliphatic heterocycles.